The molecule has 0 N–H and O–H groups in total. The SMILES string of the molecule is CC(C)(C)[Si](C)(C)N(CCCCCC[Si](Cl)(Cl)Cl)[Si](C)(C)C(C)(C)C. The van der Waals surface area contributed by atoms with E-state index < -0.39 is 22.5 Å². The van der Waals surface area contributed by atoms with Gasteiger partial charge >= 0.3 is 6.00 Å². The maximum absolute atomic E-state index is 5.99. The van der Waals surface area contributed by atoms with Gasteiger partial charge in [0.05, 0.1) is 0 Å². The predicted octanol–water partition coefficient (Wildman–Crippen LogP) is 8.51. The van der Waals surface area contributed by atoms with Crippen LogP contribution in [0.25, 0.3) is 0 Å². The first-order valence-electron chi connectivity index (χ1n) is 9.68. The summed E-state index contributed by atoms with van der Waals surface area (Å²) in [6, 6.07) is -1.63. The summed E-state index contributed by atoms with van der Waals surface area (Å²) in [6.45, 7) is 26.1. The Labute approximate surface area is 175 Å². The first-order valence-corrected chi connectivity index (χ1v) is 20.8. The van der Waals surface area contributed by atoms with Gasteiger partial charge in [0, 0.05) is 0 Å². The van der Waals surface area contributed by atoms with Crippen LogP contribution in [0.4, 0.5) is 0 Å². The Morgan fingerprint density at radius 2 is 1.00 bits per heavy atom. The van der Waals surface area contributed by atoms with Crippen LogP contribution in [-0.4, -0.2) is 33.2 Å². The lowest BCUT2D eigenvalue weighted by Crippen LogP contribution is -2.68. The number of rotatable bonds is 9. The van der Waals surface area contributed by atoms with E-state index in [9.17, 15) is 0 Å². The van der Waals surface area contributed by atoms with E-state index in [4.69, 9.17) is 33.2 Å². The summed E-state index contributed by atoms with van der Waals surface area (Å²) in [6.07, 6.45) is 4.75. The third-order valence-electron chi connectivity index (χ3n) is 6.61. The first-order chi connectivity index (χ1) is 10.8. The van der Waals surface area contributed by atoms with Gasteiger partial charge in [0.15, 0.2) is 0 Å². The molecule has 0 bridgehead atoms. The molecule has 0 rings (SSSR count). The molecule has 0 aliphatic rings. The molecule has 0 aromatic heterocycles. The molecule has 0 unspecified atom stereocenters. The quantitative estimate of drug-likeness (QED) is 0.188. The average Bonchev–Trinajstić information content (AvgIpc) is 2.32. The molecule has 0 saturated heterocycles. The topological polar surface area (TPSA) is 3.24 Å². The molecule has 152 valence electrons. The van der Waals surface area contributed by atoms with Crippen molar-refractivity contribution in [3.63, 3.8) is 0 Å². The molecule has 0 aromatic carbocycles. The number of hydrogen-bond donors (Lipinski definition) is 0. The van der Waals surface area contributed by atoms with Crippen LogP contribution in [0.3, 0.4) is 0 Å². The van der Waals surface area contributed by atoms with Gasteiger partial charge in [-0.3, -0.25) is 0 Å². The Kier molecular flexibility index (Phi) is 9.87. The molecule has 0 spiro atoms. The number of hydrogen-bond acceptors (Lipinski definition) is 1. The maximum Gasteiger partial charge on any atom is 0.341 e. The van der Waals surface area contributed by atoms with E-state index in [1.165, 1.54) is 25.8 Å². The highest BCUT2D eigenvalue weighted by Crippen LogP contribution is 2.46. The highest BCUT2D eigenvalue weighted by Gasteiger charge is 2.51. The maximum atomic E-state index is 5.99. The van der Waals surface area contributed by atoms with Crippen molar-refractivity contribution in [2.75, 3.05) is 6.54 Å². The Morgan fingerprint density at radius 3 is 1.32 bits per heavy atom. The zero-order valence-electron chi connectivity index (χ0n) is 18.3. The molecule has 0 saturated carbocycles. The van der Waals surface area contributed by atoms with Gasteiger partial charge in [-0.15, -0.1) is 33.2 Å². The zero-order chi connectivity index (χ0) is 20.3. The summed E-state index contributed by atoms with van der Waals surface area (Å²) in [7, 11) is -3.08. The highest BCUT2D eigenvalue weighted by atomic mass is 35.8. The van der Waals surface area contributed by atoms with E-state index in [1.807, 2.05) is 0 Å². The molecular formula is C18H42Cl3NSi3. The summed E-state index contributed by atoms with van der Waals surface area (Å²) in [5.74, 6) is 0. The Bertz CT molecular complexity index is 381. The second-order valence-electron chi connectivity index (χ2n) is 10.5. The monoisotopic (exact) mass is 461 g/mol. The van der Waals surface area contributed by atoms with Crippen molar-refractivity contribution in [3.05, 3.63) is 0 Å². The summed E-state index contributed by atoms with van der Waals surface area (Å²) in [4.78, 5) is 0. The van der Waals surface area contributed by atoms with Crippen molar-refractivity contribution < 1.29 is 0 Å². The Balaban J connectivity index is 5.02. The van der Waals surface area contributed by atoms with Crippen LogP contribution >= 0.6 is 33.2 Å². The Hall–Kier alpha value is 1.48. The minimum Gasteiger partial charge on any atom is -0.345 e. The zero-order valence-corrected chi connectivity index (χ0v) is 23.6. The molecular weight excluding hydrogens is 421 g/mol. The fraction of sp³-hybridized carbons (Fsp3) is 1.00. The highest BCUT2D eigenvalue weighted by molar-refractivity contribution is 7.64. The third kappa shape index (κ3) is 8.16. The van der Waals surface area contributed by atoms with Crippen molar-refractivity contribution in [2.45, 2.75) is 110 Å². The number of nitrogens with zero attached hydrogens (tertiary/aromatic N) is 1. The number of halogens is 3. The second-order valence-corrected chi connectivity index (χ2v) is 30.6. The molecule has 0 aliphatic carbocycles. The largest absolute Gasteiger partial charge is 0.345 e. The Morgan fingerprint density at radius 1 is 0.640 bits per heavy atom. The molecule has 0 amide bonds. The van der Waals surface area contributed by atoms with Crippen molar-refractivity contribution in [1.29, 1.82) is 0 Å². The summed E-state index contributed by atoms with van der Waals surface area (Å²) >= 11 is 18.0. The van der Waals surface area contributed by atoms with Gasteiger partial charge < -0.3 is 4.23 Å². The molecule has 0 atom stereocenters. The van der Waals surface area contributed by atoms with E-state index in [0.717, 1.165) is 12.5 Å². The normalized spacial score (nSPS) is 15.1. The second kappa shape index (κ2) is 9.32. The molecule has 0 fully saturated rings. The average molecular weight is 463 g/mol. The van der Waals surface area contributed by atoms with Crippen molar-refractivity contribution >= 4 is 55.7 Å². The van der Waals surface area contributed by atoms with Gasteiger partial charge in [-0.2, -0.15) is 0 Å². The van der Waals surface area contributed by atoms with E-state index in [2.05, 4.69) is 72.0 Å². The van der Waals surface area contributed by atoms with Gasteiger partial charge in [0.25, 0.3) is 0 Å². The van der Waals surface area contributed by atoms with Crippen LogP contribution < -0.4 is 0 Å². The molecule has 25 heavy (non-hydrogen) atoms. The fourth-order valence-corrected chi connectivity index (χ4v) is 15.5. The van der Waals surface area contributed by atoms with Crippen LogP contribution in [-0.2, 0) is 0 Å². The van der Waals surface area contributed by atoms with Gasteiger partial charge in [0.1, 0.15) is 16.5 Å². The van der Waals surface area contributed by atoms with E-state index in [1.54, 1.807) is 0 Å². The van der Waals surface area contributed by atoms with Gasteiger partial charge in [-0.05, 0) is 29.1 Å². The molecule has 0 aliphatic heterocycles. The standard InChI is InChI=1S/C18H42Cl3NSi3/c1-17(2,3)23(7,8)22(24(9,10)18(4,5)6)15-13-11-12-14-16-25(19,20)21/h11-16H2,1-10H3. The molecule has 1 nitrogen and oxygen atoms in total. The predicted molar refractivity (Wildman–Crippen MR) is 128 cm³/mol. The minimum absolute atomic E-state index is 0.379. The van der Waals surface area contributed by atoms with Crippen molar-refractivity contribution in [3.8, 4) is 0 Å². The molecule has 0 aromatic rings. The lowest BCUT2D eigenvalue weighted by Gasteiger charge is -2.57. The first kappa shape index (κ1) is 26.5. The van der Waals surface area contributed by atoms with E-state index >= 15 is 0 Å². The molecule has 0 radical (unpaired) electrons. The van der Waals surface area contributed by atoms with Gasteiger partial charge in [-0.25, -0.2) is 0 Å². The van der Waals surface area contributed by atoms with Gasteiger partial charge in [-0.1, -0.05) is 87.0 Å². The smallest absolute Gasteiger partial charge is 0.341 e. The number of unbranched alkanes of at least 4 members (excludes halogenated alkanes) is 3. The van der Waals surface area contributed by atoms with E-state index in [-0.39, 0.29) is 0 Å². The van der Waals surface area contributed by atoms with Crippen molar-refractivity contribution in [1.82, 2.24) is 4.23 Å². The summed E-state index contributed by atoms with van der Waals surface area (Å²) in [5, 5.41) is 0.757. The molecule has 7 heteroatoms. The van der Waals surface area contributed by atoms with Crippen LogP contribution in [0.2, 0.25) is 42.3 Å². The van der Waals surface area contributed by atoms with Crippen molar-refractivity contribution in [2.24, 2.45) is 0 Å². The van der Waals surface area contributed by atoms with E-state index in [0.29, 0.717) is 10.1 Å². The lowest BCUT2D eigenvalue weighted by atomic mass is 10.2. The third-order valence-corrected chi connectivity index (χ3v) is 23.1. The van der Waals surface area contributed by atoms with Crippen LogP contribution in [0.5, 0.6) is 0 Å². The van der Waals surface area contributed by atoms with Crippen LogP contribution in [0.15, 0.2) is 0 Å². The molecule has 0 heterocycles. The van der Waals surface area contributed by atoms with Crippen LogP contribution in [0.1, 0.15) is 67.2 Å². The van der Waals surface area contributed by atoms with Crippen LogP contribution in [0, 0.1) is 0 Å². The lowest BCUT2D eigenvalue weighted by molar-refractivity contribution is 0.485. The summed E-state index contributed by atoms with van der Waals surface area (Å²) in [5.41, 5.74) is 0. The summed E-state index contributed by atoms with van der Waals surface area (Å²) < 4.78 is 3.02. The van der Waals surface area contributed by atoms with Gasteiger partial charge in [0.2, 0.25) is 0 Å². The fourth-order valence-electron chi connectivity index (χ4n) is 3.02. The minimum atomic E-state index is -2.43.